The summed E-state index contributed by atoms with van der Waals surface area (Å²) in [6.45, 7) is 4.61. The minimum absolute atomic E-state index is 0.0408. The Hall–Kier alpha value is -0.510. The lowest BCUT2D eigenvalue weighted by atomic mass is 9.52. The van der Waals surface area contributed by atoms with Gasteiger partial charge >= 0.3 is 0 Å². The first-order valence-corrected chi connectivity index (χ1v) is 12.6. The summed E-state index contributed by atoms with van der Waals surface area (Å²) in [5.74, 6) is 4.93. The van der Waals surface area contributed by atoms with Crippen molar-refractivity contribution in [2.75, 3.05) is 0 Å². The maximum absolute atomic E-state index is 10.0. The van der Waals surface area contributed by atoms with Crippen molar-refractivity contribution in [2.45, 2.75) is 123 Å². The number of nitrogens with zero attached hydrogens (tertiary/aromatic N) is 1. The predicted octanol–water partition coefficient (Wildman–Crippen LogP) is 8.29. The molecule has 1 nitrogen and oxygen atoms in total. The Bertz CT molecular complexity index is 477. The molecule has 4 unspecified atom stereocenters. The largest absolute Gasteiger partial charge is 0.198 e. The smallest absolute Gasteiger partial charge is 0.0689 e. The molecule has 27 heavy (non-hydrogen) atoms. The van der Waals surface area contributed by atoms with Crippen LogP contribution < -0.4 is 0 Å². The van der Waals surface area contributed by atoms with Crippen molar-refractivity contribution in [3.05, 3.63) is 0 Å². The van der Waals surface area contributed by atoms with Crippen molar-refractivity contribution in [3.8, 4) is 6.07 Å². The van der Waals surface area contributed by atoms with Gasteiger partial charge in [-0.2, -0.15) is 5.26 Å². The van der Waals surface area contributed by atoms with Crippen LogP contribution in [0.25, 0.3) is 0 Å². The molecule has 0 bridgehead atoms. The lowest BCUT2D eigenvalue weighted by Crippen LogP contribution is -2.44. The number of rotatable bonds is 9. The molecule has 3 rings (SSSR count). The summed E-state index contributed by atoms with van der Waals surface area (Å²) in [5, 5.41) is 10.0. The molecule has 0 aromatic carbocycles. The van der Waals surface area contributed by atoms with Gasteiger partial charge in [-0.3, -0.25) is 0 Å². The maximum atomic E-state index is 10.0. The van der Waals surface area contributed by atoms with Gasteiger partial charge in [-0.25, -0.2) is 0 Å². The molecule has 0 amide bonds. The van der Waals surface area contributed by atoms with Crippen LogP contribution in [-0.4, -0.2) is 0 Å². The minimum Gasteiger partial charge on any atom is -0.198 e. The predicted molar refractivity (Wildman–Crippen MR) is 115 cm³/mol. The first-order chi connectivity index (χ1) is 13.2. The molecule has 0 aromatic rings. The van der Waals surface area contributed by atoms with Crippen LogP contribution in [0.1, 0.15) is 123 Å². The van der Waals surface area contributed by atoms with Crippen molar-refractivity contribution < 1.29 is 0 Å². The topological polar surface area (TPSA) is 23.8 Å². The molecule has 0 radical (unpaired) electrons. The Morgan fingerprint density at radius 1 is 0.815 bits per heavy atom. The Labute approximate surface area is 169 Å². The van der Waals surface area contributed by atoms with Gasteiger partial charge in [-0.05, 0) is 81.0 Å². The van der Waals surface area contributed by atoms with Gasteiger partial charge in [0, 0.05) is 0 Å². The van der Waals surface area contributed by atoms with Crippen LogP contribution in [0.15, 0.2) is 0 Å². The highest BCUT2D eigenvalue weighted by Crippen LogP contribution is 2.57. The third-order valence-electron chi connectivity index (χ3n) is 8.78. The maximum Gasteiger partial charge on any atom is 0.0689 e. The van der Waals surface area contributed by atoms with Crippen molar-refractivity contribution in [1.82, 2.24) is 0 Å². The third kappa shape index (κ3) is 5.31. The molecule has 0 N–H and O–H groups in total. The van der Waals surface area contributed by atoms with Gasteiger partial charge in [-0.15, -0.1) is 0 Å². The van der Waals surface area contributed by atoms with E-state index in [-0.39, 0.29) is 5.41 Å². The molecule has 3 fully saturated rings. The molecule has 1 heteroatoms. The zero-order valence-electron chi connectivity index (χ0n) is 18.4. The van der Waals surface area contributed by atoms with Crippen LogP contribution >= 0.6 is 0 Å². The van der Waals surface area contributed by atoms with Crippen molar-refractivity contribution in [1.29, 1.82) is 5.26 Å². The van der Waals surface area contributed by atoms with E-state index < -0.39 is 0 Å². The molecule has 3 saturated carbocycles. The molecule has 0 heterocycles. The fourth-order valence-corrected chi connectivity index (χ4v) is 7.24. The summed E-state index contributed by atoms with van der Waals surface area (Å²) in [4.78, 5) is 0. The van der Waals surface area contributed by atoms with E-state index in [1.165, 1.54) is 109 Å². The van der Waals surface area contributed by atoms with Gasteiger partial charge in [0.05, 0.1) is 11.5 Å². The second kappa shape index (κ2) is 10.3. The zero-order valence-corrected chi connectivity index (χ0v) is 18.4. The normalized spacial score (nSPS) is 38.6. The number of hydrogen-bond donors (Lipinski definition) is 0. The minimum atomic E-state index is 0.0408. The molecule has 0 aliphatic heterocycles. The van der Waals surface area contributed by atoms with E-state index in [0.29, 0.717) is 0 Å². The van der Waals surface area contributed by atoms with Crippen LogP contribution in [0.4, 0.5) is 0 Å². The average Bonchev–Trinajstić information content (AvgIpc) is 2.71. The van der Waals surface area contributed by atoms with E-state index in [9.17, 15) is 5.26 Å². The molecule has 3 aliphatic rings. The van der Waals surface area contributed by atoms with E-state index >= 15 is 0 Å². The second-order valence-corrected chi connectivity index (χ2v) is 10.5. The van der Waals surface area contributed by atoms with Gasteiger partial charge in [0.1, 0.15) is 0 Å². The highest BCUT2D eigenvalue weighted by molar-refractivity contribution is 5.06. The molecule has 6 atom stereocenters. The highest BCUT2D eigenvalue weighted by Gasteiger charge is 2.48. The quantitative estimate of drug-likeness (QED) is 0.374. The van der Waals surface area contributed by atoms with Crippen molar-refractivity contribution >= 4 is 0 Å². The van der Waals surface area contributed by atoms with Crippen molar-refractivity contribution in [3.63, 3.8) is 0 Å². The van der Waals surface area contributed by atoms with Gasteiger partial charge in [0.25, 0.3) is 0 Å². The van der Waals surface area contributed by atoms with Crippen LogP contribution in [-0.2, 0) is 0 Å². The van der Waals surface area contributed by atoms with E-state index in [2.05, 4.69) is 19.9 Å². The van der Waals surface area contributed by atoms with E-state index in [1.807, 2.05) is 0 Å². The SMILES string of the molecule is CCCCCC[C@@]1(C#N)CCC2C(CCC3C[C@@H](CCCCC)CCC32)C1. The summed E-state index contributed by atoms with van der Waals surface area (Å²) in [6, 6.07) is 2.84. The molecule has 0 saturated heterocycles. The summed E-state index contributed by atoms with van der Waals surface area (Å²) in [5.41, 5.74) is 0.0408. The lowest BCUT2D eigenvalue weighted by Gasteiger charge is -2.52. The van der Waals surface area contributed by atoms with Gasteiger partial charge in [-0.1, -0.05) is 71.6 Å². The molecule has 0 spiro atoms. The van der Waals surface area contributed by atoms with Crippen LogP contribution in [0, 0.1) is 46.3 Å². The number of hydrogen-bond acceptors (Lipinski definition) is 1. The second-order valence-electron chi connectivity index (χ2n) is 10.5. The Morgan fingerprint density at radius 2 is 1.56 bits per heavy atom. The van der Waals surface area contributed by atoms with E-state index in [4.69, 9.17) is 0 Å². The first kappa shape index (κ1) is 21.2. The summed E-state index contributed by atoms with van der Waals surface area (Å²) in [7, 11) is 0. The monoisotopic (exact) mass is 371 g/mol. The van der Waals surface area contributed by atoms with E-state index in [1.54, 1.807) is 0 Å². The van der Waals surface area contributed by atoms with Crippen molar-refractivity contribution in [2.24, 2.45) is 35.0 Å². The Morgan fingerprint density at radius 3 is 2.33 bits per heavy atom. The van der Waals surface area contributed by atoms with E-state index in [0.717, 1.165) is 29.6 Å². The van der Waals surface area contributed by atoms with Crippen LogP contribution in [0.5, 0.6) is 0 Å². The molecule has 3 aliphatic carbocycles. The van der Waals surface area contributed by atoms with Gasteiger partial charge in [0.2, 0.25) is 0 Å². The number of fused-ring (bicyclic) bond motifs is 3. The van der Waals surface area contributed by atoms with Gasteiger partial charge < -0.3 is 0 Å². The summed E-state index contributed by atoms with van der Waals surface area (Å²) in [6.07, 6.45) is 23.5. The first-order valence-electron chi connectivity index (χ1n) is 12.6. The van der Waals surface area contributed by atoms with Crippen LogP contribution in [0.3, 0.4) is 0 Å². The standard InChI is InChI=1S/C26H45N/c1-3-5-7-9-16-26(20-27)17-15-25-23(19-26)13-12-22-18-21(10-8-6-4-2)11-14-24(22)25/h21-25H,3-19H2,1-2H3/t21-,22?,23?,24?,25?,26+/m0/s1. The Balaban J connectivity index is 1.51. The molecule has 154 valence electrons. The number of nitriles is 1. The molecule has 0 aromatic heterocycles. The summed E-state index contributed by atoms with van der Waals surface area (Å²) >= 11 is 0. The molecular formula is C26H45N. The fraction of sp³-hybridized carbons (Fsp3) is 0.962. The lowest BCUT2D eigenvalue weighted by molar-refractivity contribution is -0.0181. The third-order valence-corrected chi connectivity index (χ3v) is 8.78. The highest BCUT2D eigenvalue weighted by atomic mass is 14.5. The average molecular weight is 372 g/mol. The molecular weight excluding hydrogens is 326 g/mol. The Kier molecular flexibility index (Phi) is 8.10. The van der Waals surface area contributed by atoms with Gasteiger partial charge in [0.15, 0.2) is 0 Å². The summed E-state index contributed by atoms with van der Waals surface area (Å²) < 4.78 is 0. The zero-order chi connectivity index (χ0) is 19.1. The van der Waals surface area contributed by atoms with Crippen LogP contribution in [0.2, 0.25) is 0 Å². The fourth-order valence-electron chi connectivity index (χ4n) is 7.24. The number of unbranched alkanes of at least 4 members (excludes halogenated alkanes) is 5.